The summed E-state index contributed by atoms with van der Waals surface area (Å²) >= 11 is -0.956. The van der Waals surface area contributed by atoms with Crippen LogP contribution in [0.15, 0.2) is 41.3 Å². The first kappa shape index (κ1) is 13.3. The summed E-state index contributed by atoms with van der Waals surface area (Å²) in [5, 5.41) is 0. The van der Waals surface area contributed by atoms with Crippen LogP contribution in [-0.4, -0.2) is 9.30 Å². The molecule has 0 saturated heterocycles. The molecule has 1 atom stereocenters. The second-order valence-corrected chi connectivity index (χ2v) is 6.94. The zero-order valence-corrected chi connectivity index (χ0v) is 11.0. The molecule has 0 spiro atoms. The van der Waals surface area contributed by atoms with Gasteiger partial charge in [-0.05, 0) is 63.0 Å². The summed E-state index contributed by atoms with van der Waals surface area (Å²) in [4.78, 5) is 0.905. The van der Waals surface area contributed by atoms with E-state index in [0.29, 0.717) is 0 Å². The highest BCUT2D eigenvalue weighted by molar-refractivity contribution is 7.92. The van der Waals surface area contributed by atoms with E-state index in [4.69, 9.17) is 0 Å². The van der Waals surface area contributed by atoms with Crippen LogP contribution < -0.4 is 0 Å². The van der Waals surface area contributed by atoms with Gasteiger partial charge in [0.25, 0.3) is 0 Å². The molecule has 0 saturated carbocycles. The number of hydrogen-bond donors (Lipinski definition) is 0. The number of benzene rings is 1. The van der Waals surface area contributed by atoms with Crippen molar-refractivity contribution in [2.45, 2.75) is 36.8 Å². The fourth-order valence-electron chi connectivity index (χ4n) is 1.36. The Morgan fingerprint density at radius 1 is 1.38 bits per heavy atom. The first-order chi connectivity index (χ1) is 7.45. The summed E-state index contributed by atoms with van der Waals surface area (Å²) in [7, 11) is 0. The van der Waals surface area contributed by atoms with E-state index in [9.17, 15) is 4.55 Å². The monoisotopic (exact) mass is 235 g/mol. The largest absolute Gasteiger partial charge is 0.611 e. The van der Waals surface area contributed by atoms with Crippen LogP contribution >= 0.6 is 0 Å². The predicted molar refractivity (Wildman–Crippen MR) is 70.8 cm³/mol. The maximum absolute atomic E-state index is 12.2. The highest BCUT2D eigenvalue weighted by atomic mass is 32.2. The van der Waals surface area contributed by atoms with Crippen molar-refractivity contribution in [3.05, 3.63) is 48.9 Å². The molecule has 1 radical (unpaired) electrons. The van der Waals surface area contributed by atoms with Crippen LogP contribution in [0.5, 0.6) is 0 Å². The Labute approximate surface area is 102 Å². The second-order valence-electron chi connectivity index (χ2n) is 4.70. The SMILES string of the molecule is [CH2]/C=C/Cc1cccc([S+]([O-])C(C)(C)C)c1. The number of rotatable bonds is 3. The van der Waals surface area contributed by atoms with E-state index in [1.165, 1.54) is 5.56 Å². The molecule has 0 heterocycles. The Hall–Kier alpha value is -0.730. The van der Waals surface area contributed by atoms with Gasteiger partial charge in [-0.1, -0.05) is 24.3 Å². The maximum Gasteiger partial charge on any atom is 0.153 e. The third-order valence-corrected chi connectivity index (χ3v) is 3.98. The van der Waals surface area contributed by atoms with Crippen LogP contribution in [0.1, 0.15) is 26.3 Å². The third kappa shape index (κ3) is 3.69. The van der Waals surface area contributed by atoms with E-state index in [1.54, 1.807) is 6.08 Å². The van der Waals surface area contributed by atoms with Gasteiger partial charge in [-0.25, -0.2) is 0 Å². The Balaban J connectivity index is 2.90. The van der Waals surface area contributed by atoms with E-state index >= 15 is 0 Å². The second kappa shape index (κ2) is 5.55. The van der Waals surface area contributed by atoms with Crippen LogP contribution in [0.4, 0.5) is 0 Å². The van der Waals surface area contributed by atoms with Crippen molar-refractivity contribution < 1.29 is 4.55 Å². The molecule has 0 aliphatic heterocycles. The fraction of sp³-hybridized carbons (Fsp3) is 0.357. The highest BCUT2D eigenvalue weighted by Gasteiger charge is 2.27. The van der Waals surface area contributed by atoms with Crippen LogP contribution in [-0.2, 0) is 17.6 Å². The summed E-state index contributed by atoms with van der Waals surface area (Å²) in [6.45, 7) is 9.63. The lowest BCUT2D eigenvalue weighted by Gasteiger charge is -2.24. The van der Waals surface area contributed by atoms with Crippen molar-refractivity contribution >= 4 is 11.2 Å². The van der Waals surface area contributed by atoms with E-state index in [1.807, 2.05) is 51.1 Å². The lowest BCUT2D eigenvalue weighted by Crippen LogP contribution is -2.27. The summed E-state index contributed by atoms with van der Waals surface area (Å²) in [5.41, 5.74) is 1.18. The van der Waals surface area contributed by atoms with Crippen LogP contribution in [0.3, 0.4) is 0 Å². The standard InChI is InChI=1S/C14H19OS/c1-5-6-8-12-9-7-10-13(11-12)16(15)14(2,3)4/h5-7,9-11H,1,8H2,2-4H3/b6-5+. The van der Waals surface area contributed by atoms with Gasteiger partial charge < -0.3 is 4.55 Å². The Bertz CT molecular complexity index is 363. The Morgan fingerprint density at radius 3 is 2.62 bits per heavy atom. The zero-order valence-electron chi connectivity index (χ0n) is 10.2. The summed E-state index contributed by atoms with van der Waals surface area (Å²) < 4.78 is 12.0. The van der Waals surface area contributed by atoms with Crippen molar-refractivity contribution in [3.63, 3.8) is 0 Å². The molecule has 0 amide bonds. The smallest absolute Gasteiger partial charge is 0.153 e. The molecule has 16 heavy (non-hydrogen) atoms. The molecule has 1 unspecified atom stereocenters. The van der Waals surface area contributed by atoms with Gasteiger partial charge in [-0.3, -0.25) is 0 Å². The molecule has 1 nitrogen and oxygen atoms in total. The van der Waals surface area contributed by atoms with Gasteiger partial charge in [0.15, 0.2) is 4.90 Å². The van der Waals surface area contributed by atoms with Crippen LogP contribution in [0, 0.1) is 6.92 Å². The molecule has 1 aromatic rings. The molecule has 0 bridgehead atoms. The van der Waals surface area contributed by atoms with E-state index < -0.39 is 11.2 Å². The van der Waals surface area contributed by atoms with Crippen molar-refractivity contribution in [2.75, 3.05) is 0 Å². The maximum atomic E-state index is 12.2. The van der Waals surface area contributed by atoms with Gasteiger partial charge in [-0.15, -0.1) is 0 Å². The molecule has 0 aliphatic carbocycles. The predicted octanol–water partition coefficient (Wildman–Crippen LogP) is 3.53. The first-order valence-electron chi connectivity index (χ1n) is 5.40. The van der Waals surface area contributed by atoms with E-state index in [0.717, 1.165) is 11.3 Å². The summed E-state index contributed by atoms with van der Waals surface area (Å²) in [6.07, 6.45) is 4.63. The molecule has 0 aromatic heterocycles. The number of hydrogen-bond acceptors (Lipinski definition) is 1. The van der Waals surface area contributed by atoms with Gasteiger partial charge in [0, 0.05) is 0 Å². The van der Waals surface area contributed by atoms with Gasteiger partial charge >= 0.3 is 0 Å². The zero-order chi connectivity index (χ0) is 12.2. The molecule has 1 rings (SSSR count). The average Bonchev–Trinajstić information content (AvgIpc) is 2.24. The summed E-state index contributed by atoms with van der Waals surface area (Å²) in [6, 6.07) is 7.95. The third-order valence-electron chi connectivity index (χ3n) is 2.19. The van der Waals surface area contributed by atoms with E-state index in [-0.39, 0.29) is 4.75 Å². The molecular formula is C14H19OS. The average molecular weight is 235 g/mol. The Morgan fingerprint density at radius 2 is 2.06 bits per heavy atom. The normalized spacial score (nSPS) is 14.3. The van der Waals surface area contributed by atoms with Gasteiger partial charge in [-0.2, -0.15) is 0 Å². The quantitative estimate of drug-likeness (QED) is 0.735. The molecule has 0 aliphatic rings. The van der Waals surface area contributed by atoms with Crippen molar-refractivity contribution in [2.24, 2.45) is 0 Å². The highest BCUT2D eigenvalue weighted by Crippen LogP contribution is 2.25. The molecule has 0 fully saturated rings. The lowest BCUT2D eigenvalue weighted by atomic mass is 10.1. The van der Waals surface area contributed by atoms with Crippen molar-refractivity contribution in [3.8, 4) is 0 Å². The molecule has 0 N–H and O–H groups in total. The minimum absolute atomic E-state index is 0.208. The lowest BCUT2D eigenvalue weighted by molar-refractivity contribution is 0.559. The van der Waals surface area contributed by atoms with Gasteiger partial charge in [0.1, 0.15) is 4.75 Å². The van der Waals surface area contributed by atoms with Crippen LogP contribution in [0.25, 0.3) is 0 Å². The molecule has 2 heteroatoms. The van der Waals surface area contributed by atoms with E-state index in [2.05, 4.69) is 6.92 Å². The molecule has 1 aromatic carbocycles. The fourth-order valence-corrected chi connectivity index (χ4v) is 2.53. The minimum atomic E-state index is -0.956. The minimum Gasteiger partial charge on any atom is -0.611 e. The summed E-state index contributed by atoms with van der Waals surface area (Å²) in [5.74, 6) is 0. The Kier molecular flexibility index (Phi) is 4.63. The number of allylic oxidation sites excluding steroid dienone is 2. The topological polar surface area (TPSA) is 23.1 Å². The van der Waals surface area contributed by atoms with Crippen LogP contribution in [0.2, 0.25) is 0 Å². The first-order valence-corrected chi connectivity index (χ1v) is 6.55. The molecule has 87 valence electrons. The van der Waals surface area contributed by atoms with Crippen molar-refractivity contribution in [1.29, 1.82) is 0 Å². The van der Waals surface area contributed by atoms with Crippen molar-refractivity contribution in [1.82, 2.24) is 0 Å². The molecular weight excluding hydrogens is 216 g/mol. The van der Waals surface area contributed by atoms with Gasteiger partial charge in [0.2, 0.25) is 0 Å². The van der Waals surface area contributed by atoms with Gasteiger partial charge in [0.05, 0.1) is 0 Å².